The summed E-state index contributed by atoms with van der Waals surface area (Å²) in [5, 5.41) is 2.63. The van der Waals surface area contributed by atoms with E-state index in [1.165, 1.54) is 0 Å². The van der Waals surface area contributed by atoms with Gasteiger partial charge in [0.1, 0.15) is 0 Å². The Kier molecular flexibility index (Phi) is 5.54. The van der Waals surface area contributed by atoms with Crippen molar-refractivity contribution in [2.24, 2.45) is 0 Å². The third kappa shape index (κ3) is 4.36. The number of alkyl halides is 3. The molecule has 0 bridgehead atoms. The molecule has 2 N–H and O–H groups in total. The SMILES string of the molecule is O=C(CSc1nc2c(c(=O)[nH]1)CSC2)Nc1cc(C(F)(F)F)ccc1Cl. The number of aromatic nitrogens is 2. The second-order valence-electron chi connectivity index (χ2n) is 5.32. The van der Waals surface area contributed by atoms with Gasteiger partial charge in [-0.3, -0.25) is 9.59 Å². The Morgan fingerprint density at radius 1 is 1.38 bits per heavy atom. The van der Waals surface area contributed by atoms with Gasteiger partial charge in [-0.2, -0.15) is 24.9 Å². The molecule has 2 aromatic rings. The number of halogens is 4. The van der Waals surface area contributed by atoms with Crippen LogP contribution in [0.25, 0.3) is 0 Å². The Bertz CT molecular complexity index is 918. The first-order valence-electron chi connectivity index (χ1n) is 7.23. The van der Waals surface area contributed by atoms with Crippen molar-refractivity contribution in [2.75, 3.05) is 11.1 Å². The van der Waals surface area contributed by atoms with Crippen molar-refractivity contribution in [1.29, 1.82) is 0 Å². The molecular formula is C15H11ClF3N3O2S2. The average Bonchev–Trinajstić information content (AvgIpc) is 3.03. The molecule has 1 aliphatic heterocycles. The van der Waals surface area contributed by atoms with Gasteiger partial charge < -0.3 is 10.3 Å². The maximum Gasteiger partial charge on any atom is 0.416 e. The number of thioether (sulfide) groups is 2. The zero-order valence-electron chi connectivity index (χ0n) is 12.9. The number of hydrogen-bond acceptors (Lipinski definition) is 5. The van der Waals surface area contributed by atoms with E-state index in [9.17, 15) is 22.8 Å². The molecule has 0 saturated carbocycles. The first-order valence-corrected chi connectivity index (χ1v) is 9.75. The molecule has 5 nitrogen and oxygen atoms in total. The van der Waals surface area contributed by atoms with E-state index >= 15 is 0 Å². The highest BCUT2D eigenvalue weighted by molar-refractivity contribution is 7.99. The zero-order chi connectivity index (χ0) is 18.9. The van der Waals surface area contributed by atoms with Crippen LogP contribution in [0, 0.1) is 0 Å². The van der Waals surface area contributed by atoms with Gasteiger partial charge in [-0.25, -0.2) is 4.98 Å². The number of benzene rings is 1. The fourth-order valence-electron chi connectivity index (χ4n) is 2.23. The van der Waals surface area contributed by atoms with Crippen molar-refractivity contribution in [3.8, 4) is 0 Å². The molecule has 0 fully saturated rings. The summed E-state index contributed by atoms with van der Waals surface area (Å²) in [4.78, 5) is 30.8. The van der Waals surface area contributed by atoms with Crippen LogP contribution in [0.3, 0.4) is 0 Å². The fraction of sp³-hybridized carbons (Fsp3) is 0.267. The summed E-state index contributed by atoms with van der Waals surface area (Å²) in [6.45, 7) is 0. The van der Waals surface area contributed by atoms with E-state index < -0.39 is 17.6 Å². The molecule has 1 aromatic carbocycles. The van der Waals surface area contributed by atoms with E-state index in [2.05, 4.69) is 15.3 Å². The van der Waals surface area contributed by atoms with Crippen molar-refractivity contribution in [3.05, 3.63) is 50.4 Å². The molecule has 1 aromatic heterocycles. The van der Waals surface area contributed by atoms with E-state index in [0.29, 0.717) is 27.9 Å². The number of H-pyrrole nitrogens is 1. The highest BCUT2D eigenvalue weighted by atomic mass is 35.5. The maximum absolute atomic E-state index is 12.7. The Morgan fingerprint density at radius 3 is 2.88 bits per heavy atom. The maximum atomic E-state index is 12.7. The van der Waals surface area contributed by atoms with Crippen molar-refractivity contribution in [1.82, 2.24) is 9.97 Å². The summed E-state index contributed by atoms with van der Waals surface area (Å²) < 4.78 is 38.2. The number of rotatable bonds is 4. The Balaban J connectivity index is 1.67. The van der Waals surface area contributed by atoms with Crippen molar-refractivity contribution < 1.29 is 18.0 Å². The minimum Gasteiger partial charge on any atom is -0.324 e. The van der Waals surface area contributed by atoms with Crippen LogP contribution in [0.15, 0.2) is 28.2 Å². The second kappa shape index (κ2) is 7.53. The highest BCUT2D eigenvalue weighted by Gasteiger charge is 2.31. The third-order valence-corrected chi connectivity index (χ3v) is 5.65. The van der Waals surface area contributed by atoms with E-state index in [0.717, 1.165) is 30.0 Å². The number of carbonyl (C=O) groups excluding carboxylic acids is 1. The molecule has 0 aliphatic carbocycles. The monoisotopic (exact) mass is 421 g/mol. The highest BCUT2D eigenvalue weighted by Crippen LogP contribution is 2.34. The molecular weight excluding hydrogens is 411 g/mol. The lowest BCUT2D eigenvalue weighted by Crippen LogP contribution is -2.18. The molecule has 0 atom stereocenters. The number of nitrogens with one attached hydrogen (secondary N) is 2. The van der Waals surface area contributed by atoms with Gasteiger partial charge >= 0.3 is 6.18 Å². The Hall–Kier alpha value is -1.65. The molecule has 0 saturated heterocycles. The number of aromatic amines is 1. The molecule has 0 radical (unpaired) electrons. The number of hydrogen-bond donors (Lipinski definition) is 2. The Labute approximate surface area is 159 Å². The fourth-order valence-corrected chi connectivity index (χ4v) is 4.11. The van der Waals surface area contributed by atoms with Crippen LogP contribution in [-0.4, -0.2) is 21.6 Å². The lowest BCUT2D eigenvalue weighted by Gasteiger charge is -2.11. The average molecular weight is 422 g/mol. The zero-order valence-corrected chi connectivity index (χ0v) is 15.3. The second-order valence-corrected chi connectivity index (χ2v) is 7.68. The summed E-state index contributed by atoms with van der Waals surface area (Å²) in [5.41, 5.74) is 0.0665. The largest absolute Gasteiger partial charge is 0.416 e. The number of nitrogens with zero attached hydrogens (tertiary/aromatic N) is 1. The molecule has 3 rings (SSSR count). The summed E-state index contributed by atoms with van der Waals surface area (Å²) in [6, 6.07) is 2.69. The van der Waals surface area contributed by atoms with E-state index in [1.54, 1.807) is 11.8 Å². The summed E-state index contributed by atoms with van der Waals surface area (Å²) >= 11 is 8.41. The van der Waals surface area contributed by atoms with Crippen LogP contribution >= 0.6 is 35.1 Å². The molecule has 26 heavy (non-hydrogen) atoms. The molecule has 11 heteroatoms. The van der Waals surface area contributed by atoms with Gasteiger partial charge in [0, 0.05) is 17.1 Å². The lowest BCUT2D eigenvalue weighted by atomic mass is 10.2. The lowest BCUT2D eigenvalue weighted by molar-refractivity contribution is -0.137. The van der Waals surface area contributed by atoms with Crippen LogP contribution in [0.5, 0.6) is 0 Å². The van der Waals surface area contributed by atoms with Gasteiger partial charge in [-0.05, 0) is 18.2 Å². The predicted octanol–water partition coefficient (Wildman–Crippen LogP) is 3.92. The standard InChI is InChI=1S/C15H11ClF3N3O2S2/c16-9-2-1-7(15(17,18)19)3-10(9)20-12(23)6-26-14-21-11-5-25-4-8(11)13(24)22-14/h1-3H,4-6H2,(H,20,23)(H,21,22,24). The van der Waals surface area contributed by atoms with Crippen LogP contribution in [-0.2, 0) is 22.5 Å². The van der Waals surface area contributed by atoms with Gasteiger partial charge in [0.15, 0.2) is 5.16 Å². The van der Waals surface area contributed by atoms with E-state index in [-0.39, 0.29) is 22.0 Å². The normalized spacial score (nSPS) is 13.5. The number of anilines is 1. The smallest absolute Gasteiger partial charge is 0.324 e. The molecule has 0 spiro atoms. The summed E-state index contributed by atoms with van der Waals surface area (Å²) in [6.07, 6.45) is -4.54. The van der Waals surface area contributed by atoms with Gasteiger partial charge in [-0.15, -0.1) is 0 Å². The topological polar surface area (TPSA) is 74.8 Å². The van der Waals surface area contributed by atoms with Crippen LogP contribution in [0.4, 0.5) is 18.9 Å². The first kappa shape index (κ1) is 19.1. The van der Waals surface area contributed by atoms with Crippen LogP contribution in [0.2, 0.25) is 5.02 Å². The molecule has 1 aliphatic rings. The van der Waals surface area contributed by atoms with Crippen molar-refractivity contribution in [2.45, 2.75) is 22.8 Å². The van der Waals surface area contributed by atoms with Gasteiger partial charge in [-0.1, -0.05) is 23.4 Å². The summed E-state index contributed by atoms with van der Waals surface area (Å²) in [7, 11) is 0. The van der Waals surface area contributed by atoms with Crippen molar-refractivity contribution in [3.63, 3.8) is 0 Å². The number of fused-ring (bicyclic) bond motifs is 1. The minimum absolute atomic E-state index is 0.00237. The number of carbonyl (C=O) groups is 1. The Morgan fingerprint density at radius 2 is 2.15 bits per heavy atom. The number of amides is 1. The van der Waals surface area contributed by atoms with Gasteiger partial charge in [0.25, 0.3) is 5.56 Å². The van der Waals surface area contributed by atoms with Crippen molar-refractivity contribution >= 4 is 46.7 Å². The van der Waals surface area contributed by atoms with Gasteiger partial charge in [0.2, 0.25) is 5.91 Å². The quantitative estimate of drug-likeness (QED) is 0.578. The predicted molar refractivity (Wildman–Crippen MR) is 95.7 cm³/mol. The third-order valence-electron chi connectivity index (χ3n) is 3.47. The van der Waals surface area contributed by atoms with Crippen LogP contribution < -0.4 is 10.9 Å². The van der Waals surface area contributed by atoms with E-state index in [4.69, 9.17) is 11.6 Å². The molecule has 0 unspecified atom stereocenters. The first-order chi connectivity index (χ1) is 12.2. The minimum atomic E-state index is -4.54. The summed E-state index contributed by atoms with van der Waals surface area (Å²) in [5.74, 6) is 0.547. The van der Waals surface area contributed by atoms with E-state index in [1.807, 2.05) is 0 Å². The molecule has 138 valence electrons. The van der Waals surface area contributed by atoms with Gasteiger partial charge in [0.05, 0.1) is 27.7 Å². The molecule has 2 heterocycles. The van der Waals surface area contributed by atoms with Crippen LogP contribution in [0.1, 0.15) is 16.8 Å². The molecule has 1 amide bonds.